The number of aromatic carboxylic acids is 1. The van der Waals surface area contributed by atoms with E-state index in [1.54, 1.807) is 26.0 Å². The molecule has 0 unspecified atom stereocenters. The normalized spacial score (nSPS) is 10.9. The first-order valence-corrected chi connectivity index (χ1v) is 5.60. The van der Waals surface area contributed by atoms with E-state index in [-0.39, 0.29) is 17.2 Å². The maximum atomic E-state index is 11.6. The van der Waals surface area contributed by atoms with Crippen molar-refractivity contribution in [2.45, 2.75) is 20.0 Å². The maximum Gasteiger partial charge on any atom is 0.349 e. The van der Waals surface area contributed by atoms with Crippen LogP contribution in [0.15, 0.2) is 29.8 Å². The number of carboxylic acid groups (broad SMARTS) is 1. The zero-order valence-corrected chi connectivity index (χ0v) is 10.6. The van der Waals surface area contributed by atoms with E-state index in [0.29, 0.717) is 5.56 Å². The molecule has 0 aliphatic heterocycles. The third-order valence-electron chi connectivity index (χ3n) is 2.13. The van der Waals surface area contributed by atoms with Crippen LogP contribution in [-0.2, 0) is 9.53 Å². The molecule has 1 rings (SSSR count). The Morgan fingerprint density at radius 1 is 1.42 bits per heavy atom. The summed E-state index contributed by atoms with van der Waals surface area (Å²) in [6.07, 6.45) is 0.978. The highest BCUT2D eigenvalue weighted by Crippen LogP contribution is 2.11. The predicted octanol–water partition coefficient (Wildman–Crippen LogP) is 2.24. The Labute approximate surface area is 110 Å². The van der Waals surface area contributed by atoms with E-state index in [1.807, 2.05) is 0 Å². The van der Waals surface area contributed by atoms with Crippen molar-refractivity contribution >= 4 is 18.0 Å². The van der Waals surface area contributed by atoms with Crippen molar-refractivity contribution in [1.82, 2.24) is 0 Å². The summed E-state index contributed by atoms with van der Waals surface area (Å²) in [5, 5.41) is 17.8. The second-order valence-electron chi connectivity index (χ2n) is 4.05. The number of hydrogen-bond donors (Lipinski definition) is 1. The fraction of sp³-hybridized carbons (Fsp3) is 0.214. The zero-order valence-electron chi connectivity index (χ0n) is 10.6. The fourth-order valence-corrected chi connectivity index (χ4v) is 1.34. The van der Waals surface area contributed by atoms with Crippen LogP contribution >= 0.6 is 0 Å². The molecule has 0 aromatic heterocycles. The van der Waals surface area contributed by atoms with Gasteiger partial charge in [-0.2, -0.15) is 5.26 Å². The van der Waals surface area contributed by atoms with Crippen LogP contribution in [0.5, 0.6) is 0 Å². The first kappa shape index (κ1) is 14.5. The number of nitriles is 1. The van der Waals surface area contributed by atoms with Gasteiger partial charge in [-0.1, -0.05) is 12.1 Å². The van der Waals surface area contributed by atoms with Crippen LogP contribution in [0, 0.1) is 11.3 Å². The molecule has 0 amide bonds. The Bertz CT molecular complexity index is 567. The van der Waals surface area contributed by atoms with Crippen molar-refractivity contribution in [3.63, 3.8) is 0 Å². The Kier molecular flexibility index (Phi) is 4.84. The molecular weight excluding hydrogens is 246 g/mol. The Morgan fingerprint density at radius 2 is 2.11 bits per heavy atom. The van der Waals surface area contributed by atoms with Crippen LogP contribution in [0.2, 0.25) is 0 Å². The minimum Gasteiger partial charge on any atom is -0.478 e. The number of ether oxygens (including phenoxy) is 1. The zero-order chi connectivity index (χ0) is 14.4. The highest BCUT2D eigenvalue weighted by molar-refractivity contribution is 5.98. The molecule has 0 heterocycles. The summed E-state index contributed by atoms with van der Waals surface area (Å²) in [6.45, 7) is 3.36. The average molecular weight is 259 g/mol. The summed E-state index contributed by atoms with van der Waals surface area (Å²) < 4.78 is 4.91. The SMILES string of the molecule is CC(C)OC(=O)C(C#N)=Cc1cccc(C(=O)O)c1. The smallest absolute Gasteiger partial charge is 0.349 e. The Morgan fingerprint density at radius 3 is 2.63 bits per heavy atom. The summed E-state index contributed by atoms with van der Waals surface area (Å²) in [5.41, 5.74) is 0.372. The lowest BCUT2D eigenvalue weighted by atomic mass is 10.1. The van der Waals surface area contributed by atoms with E-state index in [0.717, 1.165) is 0 Å². The van der Waals surface area contributed by atoms with Gasteiger partial charge in [-0.3, -0.25) is 0 Å². The number of hydrogen-bond acceptors (Lipinski definition) is 4. The van der Waals surface area contributed by atoms with Crippen molar-refractivity contribution in [3.05, 3.63) is 41.0 Å². The molecule has 1 N–H and O–H groups in total. The minimum absolute atomic E-state index is 0.0864. The van der Waals surface area contributed by atoms with Gasteiger partial charge in [-0.05, 0) is 37.6 Å². The summed E-state index contributed by atoms with van der Waals surface area (Å²) in [7, 11) is 0. The summed E-state index contributed by atoms with van der Waals surface area (Å²) >= 11 is 0. The van der Waals surface area contributed by atoms with Crippen LogP contribution in [0.3, 0.4) is 0 Å². The van der Waals surface area contributed by atoms with Gasteiger partial charge in [0.15, 0.2) is 0 Å². The van der Waals surface area contributed by atoms with E-state index >= 15 is 0 Å². The lowest BCUT2D eigenvalue weighted by Gasteiger charge is -2.06. The van der Waals surface area contributed by atoms with Crippen molar-refractivity contribution in [3.8, 4) is 6.07 Å². The quantitative estimate of drug-likeness (QED) is 0.509. The Hall–Kier alpha value is -2.61. The van der Waals surface area contributed by atoms with E-state index < -0.39 is 11.9 Å². The molecular formula is C14H13NO4. The largest absolute Gasteiger partial charge is 0.478 e. The standard InChI is InChI=1S/C14H13NO4/c1-9(2)19-14(18)12(8-15)7-10-4-3-5-11(6-10)13(16)17/h3-7,9H,1-2H3,(H,16,17). The number of rotatable bonds is 4. The van der Waals surface area contributed by atoms with Gasteiger partial charge in [0.05, 0.1) is 11.7 Å². The van der Waals surface area contributed by atoms with Gasteiger partial charge >= 0.3 is 11.9 Å². The first-order valence-electron chi connectivity index (χ1n) is 5.60. The lowest BCUT2D eigenvalue weighted by molar-refractivity contribution is -0.142. The number of carbonyl (C=O) groups excluding carboxylic acids is 1. The molecule has 5 heteroatoms. The number of carbonyl (C=O) groups is 2. The third-order valence-corrected chi connectivity index (χ3v) is 2.13. The van der Waals surface area contributed by atoms with Crippen LogP contribution in [0.1, 0.15) is 29.8 Å². The summed E-state index contributed by atoms with van der Waals surface area (Å²) in [4.78, 5) is 22.4. The van der Waals surface area contributed by atoms with Crippen molar-refractivity contribution in [2.75, 3.05) is 0 Å². The van der Waals surface area contributed by atoms with E-state index in [1.165, 1.54) is 24.3 Å². The first-order chi connectivity index (χ1) is 8.93. The highest BCUT2D eigenvalue weighted by atomic mass is 16.5. The Balaban J connectivity index is 3.05. The lowest BCUT2D eigenvalue weighted by Crippen LogP contribution is -2.12. The third kappa shape index (κ3) is 4.28. The molecule has 5 nitrogen and oxygen atoms in total. The number of esters is 1. The second-order valence-corrected chi connectivity index (χ2v) is 4.05. The monoisotopic (exact) mass is 259 g/mol. The number of carboxylic acids is 1. The molecule has 1 aromatic rings. The fourth-order valence-electron chi connectivity index (χ4n) is 1.34. The predicted molar refractivity (Wildman–Crippen MR) is 68.2 cm³/mol. The molecule has 0 aliphatic rings. The van der Waals surface area contributed by atoms with Gasteiger partial charge in [0.25, 0.3) is 0 Å². The molecule has 1 aromatic carbocycles. The highest BCUT2D eigenvalue weighted by Gasteiger charge is 2.12. The second kappa shape index (κ2) is 6.36. The van der Waals surface area contributed by atoms with Crippen molar-refractivity contribution < 1.29 is 19.4 Å². The molecule has 0 fully saturated rings. The van der Waals surface area contributed by atoms with Crippen LogP contribution in [0.4, 0.5) is 0 Å². The molecule has 98 valence electrons. The van der Waals surface area contributed by atoms with E-state index in [2.05, 4.69) is 0 Å². The van der Waals surface area contributed by atoms with Gasteiger partial charge < -0.3 is 9.84 Å². The van der Waals surface area contributed by atoms with Crippen LogP contribution in [-0.4, -0.2) is 23.1 Å². The van der Waals surface area contributed by atoms with Crippen LogP contribution in [0.25, 0.3) is 6.08 Å². The molecule has 0 aliphatic carbocycles. The molecule has 0 saturated heterocycles. The number of benzene rings is 1. The molecule has 0 spiro atoms. The minimum atomic E-state index is -1.07. The molecule has 0 radical (unpaired) electrons. The molecule has 0 bridgehead atoms. The molecule has 0 saturated carbocycles. The van der Waals surface area contributed by atoms with Gasteiger partial charge in [0.1, 0.15) is 11.6 Å². The van der Waals surface area contributed by atoms with Gasteiger partial charge in [-0.25, -0.2) is 9.59 Å². The molecule has 19 heavy (non-hydrogen) atoms. The topological polar surface area (TPSA) is 87.4 Å². The van der Waals surface area contributed by atoms with Gasteiger partial charge in [0, 0.05) is 0 Å². The average Bonchev–Trinajstić information content (AvgIpc) is 2.35. The number of nitrogens with zero attached hydrogens (tertiary/aromatic N) is 1. The summed E-state index contributed by atoms with van der Waals surface area (Å²) in [6, 6.07) is 7.69. The summed E-state index contributed by atoms with van der Waals surface area (Å²) in [5.74, 6) is -1.79. The van der Waals surface area contributed by atoms with Gasteiger partial charge in [-0.15, -0.1) is 0 Å². The van der Waals surface area contributed by atoms with Crippen molar-refractivity contribution in [1.29, 1.82) is 5.26 Å². The van der Waals surface area contributed by atoms with E-state index in [4.69, 9.17) is 15.1 Å². The van der Waals surface area contributed by atoms with E-state index in [9.17, 15) is 9.59 Å². The van der Waals surface area contributed by atoms with Gasteiger partial charge in [0.2, 0.25) is 0 Å². The van der Waals surface area contributed by atoms with Crippen LogP contribution < -0.4 is 0 Å². The molecule has 0 atom stereocenters. The van der Waals surface area contributed by atoms with Crippen molar-refractivity contribution in [2.24, 2.45) is 0 Å². The maximum absolute atomic E-state index is 11.6.